The third kappa shape index (κ3) is 13.2. The number of benzene rings is 4. The number of nitrogens with zero attached hydrogens (tertiary/aromatic N) is 3. The molecule has 70 heavy (non-hydrogen) atoms. The molecule has 1 aromatic heterocycles. The van der Waals surface area contributed by atoms with Crippen molar-refractivity contribution in [3.05, 3.63) is 118 Å². The average molecular weight is 999 g/mol. The van der Waals surface area contributed by atoms with E-state index in [1.54, 1.807) is 72.8 Å². The summed E-state index contributed by atoms with van der Waals surface area (Å²) in [4.78, 5) is 89.8. The quantitative estimate of drug-likeness (QED) is 0.0435. The molecule has 0 radical (unpaired) electrons. The van der Waals surface area contributed by atoms with E-state index in [1.807, 2.05) is 12.1 Å². The number of carbonyl (C=O) groups is 6. The Bertz CT molecular complexity index is 2670. The summed E-state index contributed by atoms with van der Waals surface area (Å²) >= 11 is 11.9. The molecule has 1 aliphatic heterocycles. The molecular weight excluding hydrogens is 942 g/mol. The Morgan fingerprint density at radius 3 is 2.04 bits per heavy atom. The largest absolute Gasteiger partial charge is 0.492 e. The lowest BCUT2D eigenvalue weighted by molar-refractivity contribution is -0.141. The van der Waals surface area contributed by atoms with E-state index in [4.69, 9.17) is 49.9 Å². The first-order valence-electron chi connectivity index (χ1n) is 22.7. The number of Topliss-reactive ketones (excluding diaryl/α,β-unsaturated/α-hetero) is 1. The van der Waals surface area contributed by atoms with Crippen LogP contribution >= 0.6 is 23.2 Å². The molecule has 370 valence electrons. The van der Waals surface area contributed by atoms with Crippen LogP contribution in [0.3, 0.4) is 0 Å². The molecule has 1 aliphatic rings. The Morgan fingerprint density at radius 1 is 0.800 bits per heavy atom. The maximum absolute atomic E-state index is 14.9. The van der Waals surface area contributed by atoms with Crippen molar-refractivity contribution in [2.75, 3.05) is 39.9 Å². The zero-order chi connectivity index (χ0) is 50.5. The minimum Gasteiger partial charge on any atom is -0.492 e. The number of aromatic nitrogens is 3. The Hall–Kier alpha value is -6.90. The van der Waals surface area contributed by atoms with E-state index in [0.717, 1.165) is 11.1 Å². The molecule has 6 rings (SSSR count). The number of nitrogens with two attached hydrogens (primary N) is 3. The van der Waals surface area contributed by atoms with Gasteiger partial charge in [0.05, 0.1) is 6.04 Å². The Balaban J connectivity index is 1.39. The van der Waals surface area contributed by atoms with Crippen molar-refractivity contribution in [1.29, 1.82) is 0 Å². The molecule has 4 aromatic carbocycles. The molecule has 2 heterocycles. The van der Waals surface area contributed by atoms with Crippen LogP contribution < -0.4 is 47.9 Å². The number of ether oxygens (including phenoxy) is 2. The zero-order valence-corrected chi connectivity index (χ0v) is 40.4. The van der Waals surface area contributed by atoms with E-state index in [2.05, 4.69) is 36.4 Å². The number of fused-ring (bicyclic) bond motifs is 5. The maximum Gasteiger partial charge on any atom is 0.251 e. The van der Waals surface area contributed by atoms with Crippen LogP contribution in [0.4, 0.5) is 0 Å². The number of unbranched alkanes of at least 4 members (excludes halogenated alkanes) is 1. The predicted octanol–water partition coefficient (Wildman–Crippen LogP) is 3.48. The highest BCUT2D eigenvalue weighted by molar-refractivity contribution is 6.30. The van der Waals surface area contributed by atoms with Crippen LogP contribution in [0.15, 0.2) is 84.9 Å². The molecular formula is C49H57Cl2N11O8. The number of likely N-dealkylation sites (N-methyl/N-ethyl adjacent to an activating group) is 1. The van der Waals surface area contributed by atoms with Crippen molar-refractivity contribution in [3.63, 3.8) is 0 Å². The second-order valence-corrected chi connectivity index (χ2v) is 17.4. The number of carbonyl (C=O) groups excluding carboxylic acids is 6. The molecule has 0 saturated heterocycles. The number of hydrogen-bond acceptors (Lipinski definition) is 13. The SMILES string of the molecule is C[C@@H]1NC(=O)[C@@H](N(C)C(=O)[C@H](CCCCN)NC(=O)c2ccc(-c3ccc(Cl)cc3)cc2)c2ccc(OCCN)c(c2)-c2cc(ccc2OCCN)C[C@@H](C(=O)N[C@@H](C)C(=O)c2nc(Cl)n[nH]2)NC1=O. The summed E-state index contributed by atoms with van der Waals surface area (Å²) < 4.78 is 12.3. The van der Waals surface area contributed by atoms with Gasteiger partial charge in [0.1, 0.15) is 48.9 Å². The number of hydrogen-bond donors (Lipinski definition) is 8. The van der Waals surface area contributed by atoms with Gasteiger partial charge in [0, 0.05) is 48.3 Å². The van der Waals surface area contributed by atoms with Gasteiger partial charge in [-0.1, -0.05) is 48.0 Å². The number of H-pyrrole nitrogens is 1. The molecule has 11 N–H and O–H groups in total. The molecule has 5 amide bonds. The summed E-state index contributed by atoms with van der Waals surface area (Å²) in [5.74, 6) is -3.44. The van der Waals surface area contributed by atoms with Crippen molar-refractivity contribution in [1.82, 2.24) is 41.3 Å². The van der Waals surface area contributed by atoms with E-state index in [-0.39, 0.29) is 50.3 Å². The first-order valence-corrected chi connectivity index (χ1v) is 23.5. The molecule has 19 nitrogen and oxygen atoms in total. The second-order valence-electron chi connectivity index (χ2n) is 16.6. The van der Waals surface area contributed by atoms with Crippen molar-refractivity contribution in [2.45, 2.75) is 69.7 Å². The first kappa shape index (κ1) is 52.5. The number of aromatic amines is 1. The van der Waals surface area contributed by atoms with Gasteiger partial charge in [-0.25, -0.2) is 0 Å². The zero-order valence-electron chi connectivity index (χ0n) is 38.9. The number of nitrogens with one attached hydrogen (secondary N) is 5. The highest BCUT2D eigenvalue weighted by atomic mass is 35.5. The summed E-state index contributed by atoms with van der Waals surface area (Å²) in [5.41, 5.74) is 21.4. The third-order valence-electron chi connectivity index (χ3n) is 11.5. The molecule has 0 fully saturated rings. The van der Waals surface area contributed by atoms with Crippen molar-refractivity contribution >= 4 is 58.5 Å². The summed E-state index contributed by atoms with van der Waals surface area (Å²) in [6.07, 6.45) is 1.13. The molecule has 0 saturated carbocycles. The fraction of sp³-hybridized carbons (Fsp3) is 0.347. The van der Waals surface area contributed by atoms with Crippen LogP contribution in [0.1, 0.15) is 71.3 Å². The number of rotatable bonds is 19. The Labute approximate surface area is 414 Å². The third-order valence-corrected chi connectivity index (χ3v) is 12.0. The van der Waals surface area contributed by atoms with Crippen LogP contribution in [0.2, 0.25) is 10.3 Å². The van der Waals surface area contributed by atoms with E-state index in [0.29, 0.717) is 63.7 Å². The number of ketones is 1. The Morgan fingerprint density at radius 2 is 1.43 bits per heavy atom. The maximum atomic E-state index is 14.9. The molecule has 0 unspecified atom stereocenters. The second kappa shape index (κ2) is 24.6. The van der Waals surface area contributed by atoms with Crippen LogP contribution in [-0.2, 0) is 25.6 Å². The van der Waals surface area contributed by atoms with Crippen molar-refractivity contribution in [2.24, 2.45) is 17.2 Å². The van der Waals surface area contributed by atoms with E-state index in [9.17, 15) is 28.8 Å². The van der Waals surface area contributed by atoms with E-state index in [1.165, 1.54) is 25.8 Å². The van der Waals surface area contributed by atoms with E-state index < -0.39 is 65.5 Å². The van der Waals surface area contributed by atoms with Gasteiger partial charge in [-0.15, -0.1) is 5.10 Å². The van der Waals surface area contributed by atoms with Gasteiger partial charge < -0.3 is 52.8 Å². The van der Waals surface area contributed by atoms with Gasteiger partial charge in [0.25, 0.3) is 5.91 Å². The van der Waals surface area contributed by atoms with Gasteiger partial charge in [0.2, 0.25) is 34.7 Å². The monoisotopic (exact) mass is 997 g/mol. The van der Waals surface area contributed by atoms with Gasteiger partial charge in [-0.2, -0.15) is 4.98 Å². The molecule has 0 spiro atoms. The molecule has 5 atom stereocenters. The molecule has 21 heteroatoms. The Kier molecular flexibility index (Phi) is 18.4. The van der Waals surface area contributed by atoms with Crippen LogP contribution in [0.5, 0.6) is 11.5 Å². The molecule has 5 aromatic rings. The lowest BCUT2D eigenvalue weighted by Crippen LogP contribution is -2.57. The minimum atomic E-state index is -1.41. The molecule has 0 aliphatic carbocycles. The van der Waals surface area contributed by atoms with Gasteiger partial charge >= 0.3 is 0 Å². The predicted molar refractivity (Wildman–Crippen MR) is 264 cm³/mol. The normalized spacial score (nSPS) is 16.7. The van der Waals surface area contributed by atoms with Crippen LogP contribution in [0.25, 0.3) is 22.3 Å². The first-order chi connectivity index (χ1) is 33.6. The van der Waals surface area contributed by atoms with Gasteiger partial charge in [0.15, 0.2) is 5.82 Å². The van der Waals surface area contributed by atoms with Crippen molar-refractivity contribution < 1.29 is 38.2 Å². The smallest absolute Gasteiger partial charge is 0.251 e. The van der Waals surface area contributed by atoms with Crippen LogP contribution in [0, 0.1) is 0 Å². The lowest BCUT2D eigenvalue weighted by Gasteiger charge is -2.33. The summed E-state index contributed by atoms with van der Waals surface area (Å²) in [6, 6.07) is 18.1. The minimum absolute atomic E-state index is 0.0836. The lowest BCUT2D eigenvalue weighted by atomic mass is 9.93. The topological polar surface area (TPSA) is 292 Å². The van der Waals surface area contributed by atoms with Crippen LogP contribution in [-0.4, -0.2) is 119 Å². The average Bonchev–Trinajstić information content (AvgIpc) is 3.80. The highest BCUT2D eigenvalue weighted by Crippen LogP contribution is 2.40. The summed E-state index contributed by atoms with van der Waals surface area (Å²) in [7, 11) is 1.44. The summed E-state index contributed by atoms with van der Waals surface area (Å²) in [6.45, 7) is 3.80. The van der Waals surface area contributed by atoms with Crippen molar-refractivity contribution in [3.8, 4) is 33.8 Å². The molecule has 4 bridgehead atoms. The number of amides is 5. The van der Waals surface area contributed by atoms with Gasteiger partial charge in [-0.3, -0.25) is 33.9 Å². The standard InChI is InChI=1S/C49H57Cl2N11O8/c1-27(42(63)43-59-49(51)61-60-43)55-46(66)38-25-29-7-17-39(69-22-20-53)35(24-29)36-26-33(14-18-40(36)70-23-21-54)41(47(67)56-28(2)44(64)58-38)62(3)48(68)37(6-4-5-19-52)57-45(65)32-10-8-30(9-11-32)31-12-15-34(50)16-13-31/h7-18,24,26-28,37-38,41H,4-6,19-23,25,52-54H2,1-3H3,(H,55,66)(H,56,67)(H,57,65)(H,58,64)(H,59,60,61)/t27-,28-,37-,38-,41-/m0/s1. The fourth-order valence-electron chi connectivity index (χ4n) is 7.84. The highest BCUT2D eigenvalue weighted by Gasteiger charge is 2.36. The number of halogens is 2. The summed E-state index contributed by atoms with van der Waals surface area (Å²) in [5, 5.41) is 17.5. The van der Waals surface area contributed by atoms with E-state index >= 15 is 0 Å². The fourth-order valence-corrected chi connectivity index (χ4v) is 8.09. The van der Waals surface area contributed by atoms with Gasteiger partial charge in [-0.05, 0) is 122 Å².